The number of carboxylic acids is 1. The van der Waals surface area contributed by atoms with E-state index in [4.69, 9.17) is 9.84 Å². The zero-order chi connectivity index (χ0) is 17.0. The molecule has 23 heavy (non-hydrogen) atoms. The van der Waals surface area contributed by atoms with Crippen LogP contribution in [0.2, 0.25) is 0 Å². The fourth-order valence-electron chi connectivity index (χ4n) is 2.36. The zero-order valence-electron chi connectivity index (χ0n) is 12.2. The highest BCUT2D eigenvalue weighted by Crippen LogP contribution is 2.29. The van der Waals surface area contributed by atoms with Crippen LogP contribution in [0.3, 0.4) is 0 Å². The Morgan fingerprint density at radius 3 is 2.48 bits per heavy atom. The van der Waals surface area contributed by atoms with Gasteiger partial charge in [-0.3, -0.25) is 9.59 Å². The maximum absolute atomic E-state index is 12.5. The number of amides is 1. The molecule has 1 amide bonds. The van der Waals surface area contributed by atoms with Gasteiger partial charge in [0.1, 0.15) is 0 Å². The van der Waals surface area contributed by atoms with Crippen LogP contribution in [0.15, 0.2) is 24.3 Å². The monoisotopic (exact) mass is 331 g/mol. The van der Waals surface area contributed by atoms with Crippen molar-refractivity contribution < 1.29 is 32.6 Å². The lowest BCUT2D eigenvalue weighted by Gasteiger charge is -2.32. The SMILES string of the molecule is O=C(O)CC1CN(C(=O)Cc2ccc(C(F)(F)F)cc2)CCO1. The van der Waals surface area contributed by atoms with Crippen LogP contribution in [0.25, 0.3) is 0 Å². The number of aliphatic carboxylic acids is 1. The molecule has 1 aromatic rings. The van der Waals surface area contributed by atoms with Crippen molar-refractivity contribution in [3.8, 4) is 0 Å². The highest BCUT2D eigenvalue weighted by atomic mass is 19.4. The van der Waals surface area contributed by atoms with Gasteiger partial charge in [-0.25, -0.2) is 0 Å². The van der Waals surface area contributed by atoms with Gasteiger partial charge >= 0.3 is 12.1 Å². The van der Waals surface area contributed by atoms with E-state index in [1.807, 2.05) is 0 Å². The van der Waals surface area contributed by atoms with E-state index in [1.54, 1.807) is 0 Å². The van der Waals surface area contributed by atoms with E-state index in [0.717, 1.165) is 12.1 Å². The number of carbonyl (C=O) groups is 2. The van der Waals surface area contributed by atoms with Crippen LogP contribution in [0, 0.1) is 0 Å². The summed E-state index contributed by atoms with van der Waals surface area (Å²) in [6, 6.07) is 4.43. The van der Waals surface area contributed by atoms with Crippen molar-refractivity contribution in [1.29, 1.82) is 0 Å². The second-order valence-corrected chi connectivity index (χ2v) is 5.30. The Labute approximate surface area is 130 Å². The number of carbonyl (C=O) groups excluding carboxylic acids is 1. The summed E-state index contributed by atoms with van der Waals surface area (Å²) in [6.45, 7) is 0.762. The number of nitrogens with zero attached hydrogens (tertiary/aromatic N) is 1. The molecule has 0 aliphatic carbocycles. The summed E-state index contributed by atoms with van der Waals surface area (Å²) in [5.41, 5.74) is -0.286. The number of rotatable bonds is 4. The number of halogens is 3. The maximum atomic E-state index is 12.5. The number of morpholine rings is 1. The topological polar surface area (TPSA) is 66.8 Å². The third-order valence-electron chi connectivity index (χ3n) is 3.53. The molecule has 0 bridgehead atoms. The van der Waals surface area contributed by atoms with Crippen molar-refractivity contribution in [3.05, 3.63) is 35.4 Å². The van der Waals surface area contributed by atoms with Gasteiger partial charge in [-0.15, -0.1) is 0 Å². The smallest absolute Gasteiger partial charge is 0.416 e. The molecular weight excluding hydrogens is 315 g/mol. The molecular formula is C15H16F3NO4. The predicted molar refractivity (Wildman–Crippen MR) is 73.7 cm³/mol. The molecule has 1 heterocycles. The molecule has 126 valence electrons. The quantitative estimate of drug-likeness (QED) is 0.916. The molecule has 5 nitrogen and oxygen atoms in total. The van der Waals surface area contributed by atoms with Crippen LogP contribution in [0.5, 0.6) is 0 Å². The number of hydrogen-bond donors (Lipinski definition) is 1. The van der Waals surface area contributed by atoms with E-state index < -0.39 is 23.8 Å². The number of alkyl halides is 3. The summed E-state index contributed by atoms with van der Waals surface area (Å²) < 4.78 is 42.7. The normalized spacial score (nSPS) is 18.7. The van der Waals surface area contributed by atoms with Gasteiger partial charge in [0.05, 0.1) is 31.1 Å². The molecule has 1 aliphatic heterocycles. The second-order valence-electron chi connectivity index (χ2n) is 5.30. The summed E-state index contributed by atoms with van der Waals surface area (Å²) in [6.07, 6.45) is -5.18. The minimum Gasteiger partial charge on any atom is -0.481 e. The number of ether oxygens (including phenoxy) is 1. The Kier molecular flexibility index (Phi) is 5.25. The molecule has 0 spiro atoms. The second kappa shape index (κ2) is 6.99. The van der Waals surface area contributed by atoms with E-state index in [1.165, 1.54) is 17.0 Å². The van der Waals surface area contributed by atoms with Crippen LogP contribution < -0.4 is 0 Å². The van der Waals surface area contributed by atoms with Gasteiger partial charge in [0.25, 0.3) is 0 Å². The van der Waals surface area contributed by atoms with E-state index in [0.29, 0.717) is 12.1 Å². The van der Waals surface area contributed by atoms with Crippen LogP contribution in [0.1, 0.15) is 17.5 Å². The van der Waals surface area contributed by atoms with E-state index >= 15 is 0 Å². The largest absolute Gasteiger partial charge is 0.481 e. The van der Waals surface area contributed by atoms with Gasteiger partial charge in [0, 0.05) is 13.1 Å². The predicted octanol–water partition coefficient (Wildman–Crippen LogP) is 1.95. The minimum atomic E-state index is -4.41. The summed E-state index contributed by atoms with van der Waals surface area (Å²) in [5.74, 6) is -1.27. The molecule has 1 fully saturated rings. The highest BCUT2D eigenvalue weighted by molar-refractivity contribution is 5.79. The van der Waals surface area contributed by atoms with Crippen LogP contribution in [-0.4, -0.2) is 47.7 Å². The Balaban J connectivity index is 1.94. The Hall–Kier alpha value is -2.09. The average molecular weight is 331 g/mol. The number of benzene rings is 1. The molecule has 0 saturated carbocycles. The van der Waals surface area contributed by atoms with Gasteiger partial charge < -0.3 is 14.7 Å². The number of carboxylic acid groups (broad SMARTS) is 1. The van der Waals surface area contributed by atoms with Gasteiger partial charge in [-0.05, 0) is 17.7 Å². The molecule has 0 radical (unpaired) electrons. The van der Waals surface area contributed by atoms with Gasteiger partial charge in [-0.1, -0.05) is 12.1 Å². The van der Waals surface area contributed by atoms with E-state index in [-0.39, 0.29) is 31.9 Å². The molecule has 1 atom stereocenters. The first-order valence-electron chi connectivity index (χ1n) is 7.03. The molecule has 1 aliphatic rings. The van der Waals surface area contributed by atoms with Crippen molar-refractivity contribution in [1.82, 2.24) is 4.90 Å². The van der Waals surface area contributed by atoms with Gasteiger partial charge in [0.2, 0.25) is 5.91 Å². The first kappa shape index (κ1) is 17.3. The lowest BCUT2D eigenvalue weighted by atomic mass is 10.1. The Morgan fingerprint density at radius 1 is 1.26 bits per heavy atom. The van der Waals surface area contributed by atoms with Crippen LogP contribution in [0.4, 0.5) is 13.2 Å². The van der Waals surface area contributed by atoms with Crippen molar-refractivity contribution in [2.45, 2.75) is 25.1 Å². The Bertz CT molecular complexity index is 571. The van der Waals surface area contributed by atoms with Crippen molar-refractivity contribution in [2.24, 2.45) is 0 Å². The summed E-state index contributed by atoms with van der Waals surface area (Å²) in [7, 11) is 0. The van der Waals surface area contributed by atoms with Crippen LogP contribution in [-0.2, 0) is 26.9 Å². The van der Waals surface area contributed by atoms with Gasteiger partial charge in [0.15, 0.2) is 0 Å². The molecule has 0 aromatic heterocycles. The van der Waals surface area contributed by atoms with E-state index in [9.17, 15) is 22.8 Å². The third kappa shape index (κ3) is 4.95. The first-order chi connectivity index (χ1) is 10.8. The Morgan fingerprint density at radius 2 is 1.91 bits per heavy atom. The van der Waals surface area contributed by atoms with Crippen molar-refractivity contribution in [2.75, 3.05) is 19.7 Å². The lowest BCUT2D eigenvalue weighted by Crippen LogP contribution is -2.46. The molecule has 1 N–H and O–H groups in total. The fraction of sp³-hybridized carbons (Fsp3) is 0.467. The molecule has 2 rings (SSSR count). The van der Waals surface area contributed by atoms with Gasteiger partial charge in [-0.2, -0.15) is 13.2 Å². The first-order valence-corrected chi connectivity index (χ1v) is 7.03. The average Bonchev–Trinajstić information content (AvgIpc) is 2.46. The van der Waals surface area contributed by atoms with Crippen LogP contribution >= 0.6 is 0 Å². The van der Waals surface area contributed by atoms with Crippen molar-refractivity contribution in [3.63, 3.8) is 0 Å². The van der Waals surface area contributed by atoms with Crippen molar-refractivity contribution >= 4 is 11.9 Å². The standard InChI is InChI=1S/C15H16F3NO4/c16-15(17,18)11-3-1-10(2-4-11)7-13(20)19-5-6-23-12(9-19)8-14(21)22/h1-4,12H,5-9H2,(H,21,22). The summed E-state index contributed by atoms with van der Waals surface area (Å²) >= 11 is 0. The molecule has 8 heteroatoms. The minimum absolute atomic E-state index is 0.0298. The summed E-state index contributed by atoms with van der Waals surface area (Å²) in [5, 5.41) is 8.74. The zero-order valence-corrected chi connectivity index (χ0v) is 12.2. The van der Waals surface area contributed by atoms with E-state index in [2.05, 4.69) is 0 Å². The third-order valence-corrected chi connectivity index (χ3v) is 3.53. The number of hydrogen-bond acceptors (Lipinski definition) is 3. The molecule has 1 saturated heterocycles. The fourth-order valence-corrected chi connectivity index (χ4v) is 2.36. The summed E-state index contributed by atoms with van der Waals surface area (Å²) in [4.78, 5) is 24.3. The molecule has 1 unspecified atom stereocenters. The highest BCUT2D eigenvalue weighted by Gasteiger charge is 2.30. The lowest BCUT2D eigenvalue weighted by molar-refractivity contribution is -0.147. The maximum Gasteiger partial charge on any atom is 0.416 e. The molecule has 1 aromatic carbocycles.